The molecule has 8 nitrogen and oxygen atoms in total. The molecule has 2 N–H and O–H groups in total. The maximum Gasteiger partial charge on any atom is 0.352 e. The lowest BCUT2D eigenvalue weighted by molar-refractivity contribution is -0.716. The van der Waals surface area contributed by atoms with Gasteiger partial charge in [-0.1, -0.05) is 60.4 Å². The number of hydrogen-bond acceptors (Lipinski definition) is 6. The van der Waals surface area contributed by atoms with Gasteiger partial charge in [-0.3, -0.25) is 9.59 Å². The van der Waals surface area contributed by atoms with E-state index in [1.807, 2.05) is 52.9 Å². The highest BCUT2D eigenvalue weighted by atomic mass is 32.2. The number of benzene rings is 1. The molecule has 2 aliphatic rings. The number of amides is 1. The van der Waals surface area contributed by atoms with Crippen molar-refractivity contribution in [2.75, 3.05) is 6.26 Å². The quantitative estimate of drug-likeness (QED) is 0.225. The molecule has 4 heterocycles. The first-order valence-electron chi connectivity index (χ1n) is 10.9. The van der Waals surface area contributed by atoms with E-state index >= 15 is 0 Å². The van der Waals surface area contributed by atoms with Crippen LogP contribution in [0.4, 0.5) is 0 Å². The molecule has 5 rings (SSSR count). The van der Waals surface area contributed by atoms with E-state index in [0.717, 1.165) is 14.7 Å². The number of ketones is 1. The smallest absolute Gasteiger partial charge is 0.352 e. The first kappa shape index (κ1) is 22.8. The van der Waals surface area contributed by atoms with Crippen molar-refractivity contribution in [1.29, 1.82) is 0 Å². The number of β-lactam (4-membered cyclic amide) rings is 1. The number of carboxylic acid groups (broad SMARTS) is 1. The van der Waals surface area contributed by atoms with Crippen molar-refractivity contribution in [3.05, 3.63) is 59.0 Å². The van der Waals surface area contributed by atoms with E-state index in [2.05, 4.69) is 0 Å². The van der Waals surface area contributed by atoms with Crippen molar-refractivity contribution in [3.8, 4) is 0 Å². The normalized spacial score (nSPS) is 22.8. The van der Waals surface area contributed by atoms with Gasteiger partial charge in [-0.05, 0) is 13.2 Å². The van der Waals surface area contributed by atoms with Gasteiger partial charge in [0.1, 0.15) is 11.9 Å². The fraction of sp³-hybridized carbons (Fsp3) is 0.333. The Hall–Kier alpha value is -2.95. The zero-order valence-corrected chi connectivity index (χ0v) is 20.5. The Morgan fingerprint density at radius 3 is 2.59 bits per heavy atom. The summed E-state index contributed by atoms with van der Waals surface area (Å²) in [4.78, 5) is 40.6. The lowest BCUT2D eigenvalue weighted by atomic mass is 9.77. The molecule has 1 fully saturated rings. The average Bonchev–Trinajstić information content (AvgIpc) is 3.41. The van der Waals surface area contributed by atoms with Gasteiger partial charge in [0, 0.05) is 17.1 Å². The summed E-state index contributed by atoms with van der Waals surface area (Å²) in [6.45, 7) is 3.68. The minimum Gasteiger partial charge on any atom is -0.477 e. The maximum atomic E-state index is 12.7. The number of aromatic nitrogens is 2. The third-order valence-corrected chi connectivity index (χ3v) is 8.73. The first-order chi connectivity index (χ1) is 16.2. The summed E-state index contributed by atoms with van der Waals surface area (Å²) in [5.41, 5.74) is 1.26. The molecule has 0 radical (unpaired) electrons. The third-order valence-electron chi connectivity index (χ3n) is 6.65. The number of carbonyl (C=O) groups excluding carboxylic acids is 2. The van der Waals surface area contributed by atoms with E-state index in [1.54, 1.807) is 19.1 Å². The number of aliphatic hydroxyl groups is 1. The predicted octanol–water partition coefficient (Wildman–Crippen LogP) is 2.55. The van der Waals surface area contributed by atoms with Crippen molar-refractivity contribution in [2.24, 2.45) is 11.8 Å². The summed E-state index contributed by atoms with van der Waals surface area (Å²) >= 11 is 2.97. The van der Waals surface area contributed by atoms with Gasteiger partial charge in [-0.25, -0.2) is 9.36 Å². The second-order valence-corrected chi connectivity index (χ2v) is 10.5. The van der Waals surface area contributed by atoms with Gasteiger partial charge >= 0.3 is 5.97 Å². The van der Waals surface area contributed by atoms with Gasteiger partial charge in [0.15, 0.2) is 6.54 Å². The van der Waals surface area contributed by atoms with Gasteiger partial charge in [0.2, 0.25) is 21.5 Å². The van der Waals surface area contributed by atoms with Crippen LogP contribution in [0.25, 0.3) is 10.4 Å². The van der Waals surface area contributed by atoms with Crippen LogP contribution in [0.15, 0.2) is 53.6 Å². The monoisotopic (exact) mass is 498 g/mol. The van der Waals surface area contributed by atoms with Gasteiger partial charge in [0.05, 0.1) is 22.9 Å². The van der Waals surface area contributed by atoms with E-state index in [9.17, 15) is 24.6 Å². The highest BCUT2D eigenvalue weighted by molar-refractivity contribution is 7.98. The second kappa shape index (κ2) is 8.37. The molecule has 2 aliphatic heterocycles. The predicted molar refractivity (Wildman–Crippen MR) is 128 cm³/mol. The summed E-state index contributed by atoms with van der Waals surface area (Å²) in [5.74, 6) is -2.30. The number of aliphatic hydroxyl groups excluding tert-OH is 1. The number of hydrogen-bond donors (Lipinski definition) is 2. The summed E-state index contributed by atoms with van der Waals surface area (Å²) in [6.07, 6.45) is 4.82. The van der Waals surface area contributed by atoms with E-state index in [-0.39, 0.29) is 35.9 Å². The van der Waals surface area contributed by atoms with Crippen molar-refractivity contribution in [2.45, 2.75) is 37.6 Å². The molecule has 0 unspecified atom stereocenters. The van der Waals surface area contributed by atoms with Crippen LogP contribution in [0.3, 0.4) is 0 Å². The fourth-order valence-electron chi connectivity index (χ4n) is 5.14. The molecule has 1 amide bonds. The van der Waals surface area contributed by atoms with Crippen molar-refractivity contribution in [3.63, 3.8) is 0 Å². The van der Waals surface area contributed by atoms with E-state index in [0.29, 0.717) is 11.1 Å². The number of fused-ring (bicyclic) bond motifs is 2. The Balaban J connectivity index is 1.53. The van der Waals surface area contributed by atoms with Crippen LogP contribution in [0.2, 0.25) is 0 Å². The number of carboxylic acids is 1. The summed E-state index contributed by atoms with van der Waals surface area (Å²) in [6, 6.07) is 8.78. The Morgan fingerprint density at radius 1 is 1.26 bits per heavy atom. The van der Waals surface area contributed by atoms with Crippen LogP contribution in [0.5, 0.6) is 0 Å². The number of aliphatic carboxylic acids is 1. The highest BCUT2D eigenvalue weighted by Gasteiger charge is 2.60. The largest absolute Gasteiger partial charge is 0.477 e. The van der Waals surface area contributed by atoms with Gasteiger partial charge in [-0.15, -0.1) is 0 Å². The molecule has 0 spiro atoms. The van der Waals surface area contributed by atoms with Crippen LogP contribution in [0, 0.1) is 11.8 Å². The Labute approximate surface area is 204 Å². The van der Waals surface area contributed by atoms with Crippen LogP contribution in [-0.2, 0) is 16.1 Å². The van der Waals surface area contributed by atoms with Crippen molar-refractivity contribution >= 4 is 51.2 Å². The summed E-state index contributed by atoms with van der Waals surface area (Å²) in [5, 5.41) is 20.9. The molecule has 1 saturated heterocycles. The Morgan fingerprint density at radius 2 is 1.97 bits per heavy atom. The highest BCUT2D eigenvalue weighted by Crippen LogP contribution is 2.51. The van der Waals surface area contributed by atoms with E-state index in [4.69, 9.17) is 0 Å². The summed E-state index contributed by atoms with van der Waals surface area (Å²) in [7, 11) is 0. The molecule has 1 aromatic carbocycles. The maximum absolute atomic E-state index is 12.7. The number of thiazole rings is 1. The molecular formula is C24H24N3O5S2+. The molecule has 176 valence electrons. The number of rotatable bonds is 7. The van der Waals surface area contributed by atoms with Crippen LogP contribution in [0.1, 0.15) is 29.1 Å². The minimum atomic E-state index is -1.14. The number of carbonyl (C=O) groups is 3. The lowest BCUT2D eigenvalue weighted by Crippen LogP contribution is -2.63. The Kier molecular flexibility index (Phi) is 5.62. The molecule has 3 aromatic rings. The third kappa shape index (κ3) is 3.31. The molecule has 2 aromatic heterocycles. The summed E-state index contributed by atoms with van der Waals surface area (Å²) < 4.78 is 3.81. The number of imidazole rings is 1. The van der Waals surface area contributed by atoms with Gasteiger partial charge in [0.25, 0.3) is 6.33 Å². The van der Waals surface area contributed by atoms with Gasteiger partial charge < -0.3 is 15.1 Å². The van der Waals surface area contributed by atoms with Crippen molar-refractivity contribution < 1.29 is 29.2 Å². The van der Waals surface area contributed by atoms with Crippen LogP contribution >= 0.6 is 23.1 Å². The van der Waals surface area contributed by atoms with E-state index < -0.39 is 18.0 Å². The average molecular weight is 499 g/mol. The Bertz CT molecular complexity index is 1360. The minimum absolute atomic E-state index is 0.00161. The molecular weight excluding hydrogens is 474 g/mol. The van der Waals surface area contributed by atoms with Crippen molar-refractivity contribution in [1.82, 2.24) is 9.30 Å². The zero-order valence-electron chi connectivity index (χ0n) is 18.8. The molecule has 4 atom stereocenters. The SMILES string of the molecule is CSc1c2sc(C3=C(C(=O)O)N4C(=O)[C@H]([C@@H](C)O)[C@H]4[C@H]3C)cn2c[n+]1CC(=O)c1ccccc1. The number of Topliss-reactive ketones (excluding diaryl/α,β-unsaturated/α-hetero) is 1. The molecule has 0 saturated carbocycles. The van der Waals surface area contributed by atoms with Crippen LogP contribution in [-0.4, -0.2) is 55.6 Å². The molecule has 0 bridgehead atoms. The standard InChI is InChI=1S/C24H23N3O5S2/c1-12-17(20(24(31)32)27-19(12)18(13(2)28)21(27)30)16-10-26-11-25(22(33-3)23(26)34-16)9-15(29)14-7-5-4-6-8-14/h4-8,10-13,18-19,28H,9H2,1-3H3/p+1/t12-,13+,18+,19+/m0/s1. The molecule has 0 aliphatic carbocycles. The first-order valence-corrected chi connectivity index (χ1v) is 12.9. The molecule has 10 heteroatoms. The molecule has 34 heavy (non-hydrogen) atoms. The van der Waals surface area contributed by atoms with Crippen LogP contribution < -0.4 is 4.57 Å². The number of nitrogens with zero attached hydrogens (tertiary/aromatic N) is 3. The fourth-order valence-corrected chi connectivity index (χ4v) is 7.32. The van der Waals surface area contributed by atoms with E-state index in [1.165, 1.54) is 28.0 Å². The topological polar surface area (TPSA) is 103 Å². The second-order valence-electron chi connectivity index (χ2n) is 8.67. The number of thioether (sulfide) groups is 1. The zero-order chi connectivity index (χ0) is 24.3. The van der Waals surface area contributed by atoms with Gasteiger partial charge in [-0.2, -0.15) is 4.40 Å². The lowest BCUT2D eigenvalue weighted by Gasteiger charge is -2.46.